The molecule has 25 nitrogen and oxygen atoms in total. The number of rotatable bonds is 18. The van der Waals surface area contributed by atoms with Crippen LogP contribution in [-0.2, 0) is 24.2 Å². The molecule has 4 amide bonds. The first-order chi connectivity index (χ1) is 34.6. The Bertz CT molecular complexity index is 2650. The van der Waals surface area contributed by atoms with Crippen molar-refractivity contribution in [1.82, 2.24) is 54.6 Å². The molecule has 6 rings (SSSR count). The second-order valence-electron chi connectivity index (χ2n) is 17.1. The largest absolute Gasteiger partial charge is 0.384 e. The van der Waals surface area contributed by atoms with Crippen molar-refractivity contribution in [2.75, 3.05) is 44.2 Å². The lowest BCUT2D eigenvalue weighted by molar-refractivity contribution is -0.140. The molecule has 3 aromatic rings. The Morgan fingerprint density at radius 1 is 0.608 bits per heavy atom. The van der Waals surface area contributed by atoms with E-state index in [2.05, 4.69) is 40.9 Å². The van der Waals surface area contributed by atoms with Gasteiger partial charge >= 0.3 is 46.9 Å². The number of amides is 4. The number of nitrogen functional groups attached to an aromatic ring is 1. The number of unbranched alkanes of at least 4 members (excludes halogenated alkanes) is 2. The minimum absolute atomic E-state index is 0.121. The summed E-state index contributed by atoms with van der Waals surface area (Å²) in [6.45, 7) is 8.32. The lowest BCUT2D eigenvalue weighted by Gasteiger charge is -2.20. The van der Waals surface area contributed by atoms with E-state index < -0.39 is 119 Å². The van der Waals surface area contributed by atoms with E-state index in [1.165, 1.54) is 19.1 Å². The van der Waals surface area contributed by atoms with Crippen molar-refractivity contribution in [2.45, 2.75) is 140 Å². The number of nitrogens with zero attached hydrogens (tertiary/aromatic N) is 6. The second-order valence-corrected chi connectivity index (χ2v) is 19.1. The monoisotopic (exact) mass is 1090 g/mol. The minimum atomic E-state index is -3.78. The number of aliphatic hydroxyl groups excluding tert-OH is 3. The van der Waals surface area contributed by atoms with Crippen LogP contribution in [0.15, 0.2) is 51.2 Å². The highest BCUT2D eigenvalue weighted by atomic mass is 32.2. The average Bonchev–Trinajstić information content (AvgIpc) is 3.80. The van der Waals surface area contributed by atoms with Gasteiger partial charge in [0.25, 0.3) is 0 Å². The fourth-order valence-corrected chi connectivity index (χ4v) is 8.34. The van der Waals surface area contributed by atoms with Gasteiger partial charge < -0.3 is 56.5 Å². The van der Waals surface area contributed by atoms with E-state index in [0.29, 0.717) is 51.0 Å². The van der Waals surface area contributed by atoms with Gasteiger partial charge in [0.2, 0.25) is 28.7 Å². The normalized spacial score (nSPS) is 25.5. The molecule has 10 N–H and O–H groups in total. The van der Waals surface area contributed by atoms with Crippen molar-refractivity contribution in [3.05, 3.63) is 79.6 Å². The molecule has 9 atom stereocenters. The first-order valence-electron chi connectivity index (χ1n) is 23.2. The van der Waals surface area contributed by atoms with Gasteiger partial charge in [0.1, 0.15) is 30.2 Å². The first kappa shape index (κ1) is 60.8. The number of halogens is 6. The molecule has 74 heavy (non-hydrogen) atoms. The van der Waals surface area contributed by atoms with Crippen LogP contribution in [0.2, 0.25) is 0 Å². The highest BCUT2D eigenvalue weighted by Crippen LogP contribution is 2.44. The number of aromatic nitrogens is 6. The Morgan fingerprint density at radius 3 is 1.38 bits per heavy atom. The Hall–Kier alpha value is -5.77. The first-order valence-corrected chi connectivity index (χ1v) is 24.9. The number of nitrogens with two attached hydrogens (primary N) is 1. The van der Waals surface area contributed by atoms with Crippen molar-refractivity contribution in [1.29, 1.82) is 0 Å². The molecular formula is C42H62F6N12O13S. The molecule has 3 aromatic heterocycles. The fraction of sp³-hybridized carbons (Fsp3) is 0.667. The van der Waals surface area contributed by atoms with Gasteiger partial charge in [-0.15, -0.1) is 0 Å². The third kappa shape index (κ3) is 15.4. The number of hydrogen-bond donors (Lipinski definition) is 9. The van der Waals surface area contributed by atoms with E-state index in [0.717, 1.165) is 43.9 Å². The number of ether oxygens (including phenoxy) is 3. The number of hydrogen-bond acceptors (Lipinski definition) is 17. The molecule has 3 fully saturated rings. The van der Waals surface area contributed by atoms with Crippen molar-refractivity contribution >= 4 is 27.9 Å². The van der Waals surface area contributed by atoms with Gasteiger partial charge in [-0.2, -0.15) is 41.3 Å². The van der Waals surface area contributed by atoms with Crippen LogP contribution in [0.4, 0.5) is 41.7 Å². The number of alkyl halides is 6. The van der Waals surface area contributed by atoms with Crippen LogP contribution in [0, 0.1) is 13.8 Å². The van der Waals surface area contributed by atoms with E-state index >= 15 is 0 Å². The van der Waals surface area contributed by atoms with E-state index in [9.17, 15) is 74.1 Å². The quantitative estimate of drug-likeness (QED) is 0.0604. The number of aliphatic hydroxyl groups is 3. The average molecular weight is 1090 g/mol. The summed E-state index contributed by atoms with van der Waals surface area (Å²) in [6.07, 6.45) is -9.84. The Kier molecular flexibility index (Phi) is 21.5. The van der Waals surface area contributed by atoms with Crippen LogP contribution >= 0.6 is 0 Å². The summed E-state index contributed by atoms with van der Waals surface area (Å²) in [7, 11) is -3.64. The standard InChI is InChI=1S/C16H24F2N4O4.C13H19F2N5O4.C13H19F2N3O5S/c1-3-4-5-7-19-14(24)20-9-11-12(23)16(17,18)13(26-11)22-8-6-10(2)21-15(22)25;1-2-4-17-11(22)18-6-7-9(21)13(14,15)10(24-7)20-5-3-8(16)19-12(20)23;1-3-6-24(21,22)16-7-9-10(19)13(14,15)11(23-9)18-5-4-8(2)17-12(18)20/h6,8,11-13,23H,3-5,7,9H2,1-2H3,(H2,19,20,24);3,5,7,9-10,21H,2,4,6H2,1H3,(H2,16,19,23)(H2,17,18,22);4-5,9-11,16,19H,3,6-7H2,1-2H3/t11-,12-,13-;7-,9-,10-;9-,10-,11-/m111/s1. The number of anilines is 1. The lowest BCUT2D eigenvalue weighted by Crippen LogP contribution is -2.45. The molecule has 0 aliphatic carbocycles. The van der Waals surface area contributed by atoms with Gasteiger partial charge in [0, 0.05) is 62.7 Å². The number of carbonyl (C=O) groups is 2. The minimum Gasteiger partial charge on any atom is -0.384 e. The molecule has 0 bridgehead atoms. The van der Waals surface area contributed by atoms with Crippen molar-refractivity contribution in [2.24, 2.45) is 0 Å². The maximum atomic E-state index is 14.3. The predicted octanol–water partition coefficient (Wildman–Crippen LogP) is 0.138. The molecule has 0 aromatic carbocycles. The number of urea groups is 2. The van der Waals surface area contributed by atoms with Gasteiger partial charge in [-0.25, -0.2) is 37.1 Å². The van der Waals surface area contributed by atoms with Crippen LogP contribution in [0.5, 0.6) is 0 Å². The Labute approximate surface area is 419 Å². The summed E-state index contributed by atoms with van der Waals surface area (Å²) in [4.78, 5) is 68.9. The van der Waals surface area contributed by atoms with Crippen LogP contribution in [0.1, 0.15) is 82.9 Å². The number of carbonyl (C=O) groups excluding carboxylic acids is 2. The predicted molar refractivity (Wildman–Crippen MR) is 249 cm³/mol. The fourth-order valence-electron chi connectivity index (χ4n) is 7.24. The SMILES string of the molecule is CCCCCNC(=O)NC[C@H]1O[C@@H](n2ccc(C)nc2=O)C(F)(F)[C@@H]1O.CCCNC(=O)NC[C@H]1O[C@@H](n2ccc(N)nc2=O)C(F)(F)[C@@H]1O.CCCS(=O)(=O)NC[C@H]1O[C@@H](n2ccc(C)nc2=O)C(F)(F)[C@@H]1O. The Morgan fingerprint density at radius 2 is 1.00 bits per heavy atom. The molecule has 0 radical (unpaired) electrons. The van der Waals surface area contributed by atoms with Gasteiger partial charge in [-0.1, -0.05) is 33.6 Å². The third-order valence-corrected chi connectivity index (χ3v) is 12.7. The molecular weight excluding hydrogens is 1030 g/mol. The van der Waals surface area contributed by atoms with Crippen molar-refractivity contribution < 1.29 is 73.9 Å². The molecule has 32 heteroatoms. The van der Waals surface area contributed by atoms with Crippen molar-refractivity contribution in [3.8, 4) is 0 Å². The maximum absolute atomic E-state index is 14.3. The summed E-state index contributed by atoms with van der Waals surface area (Å²) in [5, 5.41) is 39.2. The number of aryl methyl sites for hydroxylation is 2. The smallest absolute Gasteiger partial charge is 0.351 e. The summed E-state index contributed by atoms with van der Waals surface area (Å²) in [5.74, 6) is -11.5. The van der Waals surface area contributed by atoms with Gasteiger partial charge in [-0.3, -0.25) is 13.7 Å². The zero-order chi connectivity index (χ0) is 55.3. The summed E-state index contributed by atoms with van der Waals surface area (Å²) >= 11 is 0. The summed E-state index contributed by atoms with van der Waals surface area (Å²) in [5.41, 5.74) is 3.17. The van der Waals surface area contributed by atoms with Crippen LogP contribution in [-0.4, -0.2) is 157 Å². The molecule has 0 saturated carbocycles. The number of nitrogens with one attached hydrogen (secondary N) is 5. The Balaban J connectivity index is 0.000000241. The molecule has 0 unspecified atom stereocenters. The third-order valence-electron chi connectivity index (χ3n) is 11.2. The van der Waals surface area contributed by atoms with Gasteiger partial charge in [0.05, 0.1) is 5.75 Å². The summed E-state index contributed by atoms with van der Waals surface area (Å²) in [6, 6.07) is 2.81. The van der Waals surface area contributed by atoms with E-state index in [1.807, 2.05) is 13.8 Å². The maximum Gasteiger partial charge on any atom is 0.351 e. The topological polar surface area (TPSA) is 348 Å². The summed E-state index contributed by atoms with van der Waals surface area (Å²) < 4.78 is 128. The molecule has 3 aliphatic heterocycles. The van der Waals surface area contributed by atoms with Crippen LogP contribution < -0.4 is 48.8 Å². The van der Waals surface area contributed by atoms with E-state index in [4.69, 9.17) is 19.9 Å². The molecule has 6 heterocycles. The molecule has 3 aliphatic rings. The molecule has 416 valence electrons. The van der Waals surface area contributed by atoms with E-state index in [-0.39, 0.29) is 24.7 Å². The van der Waals surface area contributed by atoms with Gasteiger partial charge in [0.15, 0.2) is 12.2 Å². The van der Waals surface area contributed by atoms with Crippen LogP contribution in [0.3, 0.4) is 0 Å². The lowest BCUT2D eigenvalue weighted by atomic mass is 10.1. The zero-order valence-corrected chi connectivity index (χ0v) is 41.6. The molecule has 0 spiro atoms. The highest BCUT2D eigenvalue weighted by molar-refractivity contribution is 7.89. The van der Waals surface area contributed by atoms with Crippen molar-refractivity contribution in [3.63, 3.8) is 0 Å². The van der Waals surface area contributed by atoms with Gasteiger partial charge in [-0.05, 0) is 51.3 Å². The second kappa shape index (κ2) is 26.1. The van der Waals surface area contributed by atoms with Crippen LogP contribution in [0.25, 0.3) is 0 Å². The number of sulfonamides is 1. The van der Waals surface area contributed by atoms with E-state index in [1.54, 1.807) is 13.8 Å². The highest BCUT2D eigenvalue weighted by Gasteiger charge is 2.61. The zero-order valence-electron chi connectivity index (χ0n) is 40.8. The molecule has 3 saturated heterocycles.